The zero-order valence-corrected chi connectivity index (χ0v) is 16.2. The highest BCUT2D eigenvalue weighted by atomic mass is 16.7. The summed E-state index contributed by atoms with van der Waals surface area (Å²) < 4.78 is 22.0. The molecule has 2 rings (SSSR count). The molecule has 0 saturated carbocycles. The lowest BCUT2D eigenvalue weighted by molar-refractivity contribution is -0.316. The van der Waals surface area contributed by atoms with Gasteiger partial charge in [-0.25, -0.2) is 4.79 Å². The lowest BCUT2D eigenvalue weighted by atomic mass is 9.93. The van der Waals surface area contributed by atoms with E-state index in [0.717, 1.165) is 0 Å². The second-order valence-electron chi connectivity index (χ2n) is 7.05. The molecule has 0 aromatic carbocycles. The molecule has 0 aromatic rings. The van der Waals surface area contributed by atoms with Crippen LogP contribution in [0.25, 0.3) is 0 Å². The fraction of sp³-hybridized carbons (Fsp3) is 0.882. The second kappa shape index (κ2) is 9.44. The fourth-order valence-corrected chi connectivity index (χ4v) is 3.59. The summed E-state index contributed by atoms with van der Waals surface area (Å²) in [6, 6.07) is -0.988. The van der Waals surface area contributed by atoms with Crippen molar-refractivity contribution in [2.24, 2.45) is 0 Å². The number of rotatable bonds is 6. The van der Waals surface area contributed by atoms with Crippen molar-refractivity contribution < 1.29 is 49.0 Å². The molecular weight excluding hydrogens is 378 g/mol. The molecule has 2 aliphatic heterocycles. The van der Waals surface area contributed by atoms with E-state index in [9.17, 15) is 30.0 Å². The zero-order valence-electron chi connectivity index (χ0n) is 16.2. The van der Waals surface area contributed by atoms with E-state index in [1.54, 1.807) is 6.92 Å². The Morgan fingerprint density at radius 2 is 1.71 bits per heavy atom. The van der Waals surface area contributed by atoms with Gasteiger partial charge >= 0.3 is 5.97 Å². The highest BCUT2D eigenvalue weighted by Gasteiger charge is 2.52. The van der Waals surface area contributed by atoms with Crippen molar-refractivity contribution in [1.82, 2.24) is 5.32 Å². The quantitative estimate of drug-likeness (QED) is 0.332. The Labute approximate surface area is 162 Å². The predicted octanol–water partition coefficient (Wildman–Crippen LogP) is -2.02. The highest BCUT2D eigenvalue weighted by Crippen LogP contribution is 2.30. The number of carbonyl (C=O) groups is 2. The van der Waals surface area contributed by atoms with Gasteiger partial charge in [-0.2, -0.15) is 0 Å². The van der Waals surface area contributed by atoms with Crippen LogP contribution in [-0.4, -0.2) is 101 Å². The van der Waals surface area contributed by atoms with Gasteiger partial charge in [-0.15, -0.1) is 0 Å². The molecule has 0 spiro atoms. The molecule has 0 aliphatic carbocycles. The van der Waals surface area contributed by atoms with Crippen molar-refractivity contribution in [3.05, 3.63) is 0 Å². The van der Waals surface area contributed by atoms with Gasteiger partial charge in [-0.05, 0) is 13.3 Å². The first-order valence-electron chi connectivity index (χ1n) is 9.15. The monoisotopic (exact) mass is 407 g/mol. The number of carboxylic acid groups (broad SMARTS) is 1. The molecule has 28 heavy (non-hydrogen) atoms. The molecule has 11 nitrogen and oxygen atoms in total. The third kappa shape index (κ3) is 4.62. The average Bonchev–Trinajstić information content (AvgIpc) is 2.63. The third-order valence-corrected chi connectivity index (χ3v) is 5.08. The lowest BCUT2D eigenvalue weighted by Crippen LogP contribution is -2.67. The van der Waals surface area contributed by atoms with Crippen molar-refractivity contribution >= 4 is 11.9 Å². The molecule has 1 amide bonds. The van der Waals surface area contributed by atoms with Crippen molar-refractivity contribution in [3.63, 3.8) is 0 Å². The second-order valence-corrected chi connectivity index (χ2v) is 7.05. The minimum atomic E-state index is -1.57. The van der Waals surface area contributed by atoms with Crippen LogP contribution in [0.3, 0.4) is 0 Å². The van der Waals surface area contributed by atoms with Crippen LogP contribution < -0.4 is 5.32 Å². The van der Waals surface area contributed by atoms with Gasteiger partial charge in [0, 0.05) is 14.0 Å². The first-order valence-corrected chi connectivity index (χ1v) is 9.15. The SMILES string of the molecule is CCC1O[C@@H](O[C@H]2C(C(=O)O)O[C@@H](C)C(O)C2O)C(NC(C)=O)[C@H](OC)[C@@H]1O. The van der Waals surface area contributed by atoms with Crippen LogP contribution in [0.1, 0.15) is 27.2 Å². The summed E-state index contributed by atoms with van der Waals surface area (Å²) in [5.74, 6) is -1.83. The van der Waals surface area contributed by atoms with Crippen LogP contribution in [0.2, 0.25) is 0 Å². The molecule has 5 unspecified atom stereocenters. The van der Waals surface area contributed by atoms with Crippen LogP contribution in [-0.2, 0) is 28.5 Å². The van der Waals surface area contributed by atoms with Crippen molar-refractivity contribution in [3.8, 4) is 0 Å². The van der Waals surface area contributed by atoms with Gasteiger partial charge in [0.15, 0.2) is 12.4 Å². The number of methoxy groups -OCH3 is 1. The number of hydrogen-bond acceptors (Lipinski definition) is 9. The zero-order chi connectivity index (χ0) is 21.2. The molecule has 2 saturated heterocycles. The van der Waals surface area contributed by atoms with Gasteiger partial charge in [0.2, 0.25) is 5.91 Å². The van der Waals surface area contributed by atoms with Crippen LogP contribution in [0.5, 0.6) is 0 Å². The summed E-state index contributed by atoms with van der Waals surface area (Å²) >= 11 is 0. The summed E-state index contributed by atoms with van der Waals surface area (Å²) in [5, 5.41) is 42.9. The Kier molecular flexibility index (Phi) is 7.73. The lowest BCUT2D eigenvalue weighted by Gasteiger charge is -2.47. The molecule has 0 aromatic heterocycles. The molecule has 2 fully saturated rings. The Hall–Kier alpha value is -1.34. The topological polar surface area (TPSA) is 164 Å². The number of amides is 1. The third-order valence-electron chi connectivity index (χ3n) is 5.08. The van der Waals surface area contributed by atoms with Crippen molar-refractivity contribution in [2.75, 3.05) is 7.11 Å². The predicted molar refractivity (Wildman–Crippen MR) is 92.2 cm³/mol. The minimum Gasteiger partial charge on any atom is -0.479 e. The smallest absolute Gasteiger partial charge is 0.335 e. The van der Waals surface area contributed by atoms with Gasteiger partial charge in [-0.3, -0.25) is 4.79 Å². The van der Waals surface area contributed by atoms with Gasteiger partial charge in [-0.1, -0.05) is 6.92 Å². The van der Waals surface area contributed by atoms with Crippen molar-refractivity contribution in [2.45, 2.75) is 88.4 Å². The molecule has 2 aliphatic rings. The van der Waals surface area contributed by atoms with E-state index < -0.39 is 73.0 Å². The summed E-state index contributed by atoms with van der Waals surface area (Å²) in [5.41, 5.74) is 0. The Balaban J connectivity index is 2.31. The summed E-state index contributed by atoms with van der Waals surface area (Å²) in [6.45, 7) is 4.45. The maximum absolute atomic E-state index is 11.6. The standard InChI is InChI=1S/C17H29NO10/c1-5-8-11(21)13(25-4)9(18-7(3)19)17(27-8)28-14-12(22)10(20)6(2)26-15(14)16(23)24/h6,8-15,17,20-22H,5H2,1-4H3,(H,18,19)(H,23,24)/t6-,8?,9?,10?,11+,12?,13-,14+,15?,17-/m0/s1. The first kappa shape index (κ1) is 22.9. The fourth-order valence-electron chi connectivity index (χ4n) is 3.59. The van der Waals surface area contributed by atoms with Crippen LogP contribution in [0.4, 0.5) is 0 Å². The Morgan fingerprint density at radius 1 is 1.07 bits per heavy atom. The number of aliphatic carboxylic acids is 1. The molecule has 2 heterocycles. The van der Waals surface area contributed by atoms with Crippen LogP contribution >= 0.6 is 0 Å². The van der Waals surface area contributed by atoms with E-state index in [0.29, 0.717) is 6.42 Å². The number of ether oxygens (including phenoxy) is 4. The number of carbonyl (C=O) groups excluding carboxylic acids is 1. The average molecular weight is 407 g/mol. The molecule has 0 bridgehead atoms. The molecule has 162 valence electrons. The summed E-state index contributed by atoms with van der Waals surface area (Å²) in [4.78, 5) is 23.2. The molecule has 10 atom stereocenters. The number of aliphatic hydroxyl groups is 3. The number of aliphatic hydroxyl groups excluding tert-OH is 3. The maximum Gasteiger partial charge on any atom is 0.335 e. The van der Waals surface area contributed by atoms with E-state index in [1.807, 2.05) is 0 Å². The minimum absolute atomic E-state index is 0.388. The molecule has 0 radical (unpaired) electrons. The van der Waals surface area contributed by atoms with E-state index in [2.05, 4.69) is 5.32 Å². The van der Waals surface area contributed by atoms with E-state index >= 15 is 0 Å². The molecule has 5 N–H and O–H groups in total. The van der Waals surface area contributed by atoms with Crippen LogP contribution in [0.15, 0.2) is 0 Å². The van der Waals surface area contributed by atoms with Gasteiger partial charge in [0.25, 0.3) is 0 Å². The van der Waals surface area contributed by atoms with E-state index in [-0.39, 0.29) is 0 Å². The maximum atomic E-state index is 11.6. The number of nitrogens with one attached hydrogen (secondary N) is 1. The van der Waals surface area contributed by atoms with Crippen molar-refractivity contribution in [1.29, 1.82) is 0 Å². The van der Waals surface area contributed by atoms with Crippen LogP contribution in [0, 0.1) is 0 Å². The van der Waals surface area contributed by atoms with Gasteiger partial charge < -0.3 is 44.7 Å². The summed E-state index contributed by atoms with van der Waals surface area (Å²) in [7, 11) is 1.35. The normalized spacial score (nSPS) is 44.1. The van der Waals surface area contributed by atoms with Gasteiger partial charge in [0.1, 0.15) is 36.6 Å². The number of hydrogen-bond donors (Lipinski definition) is 5. The molecule has 11 heteroatoms. The largest absolute Gasteiger partial charge is 0.479 e. The van der Waals surface area contributed by atoms with E-state index in [4.69, 9.17) is 18.9 Å². The first-order chi connectivity index (χ1) is 13.1. The summed E-state index contributed by atoms with van der Waals surface area (Å²) in [6.07, 6.45) is -10.5. The molecular formula is C17H29NO10. The highest BCUT2D eigenvalue weighted by molar-refractivity contribution is 5.74. The Bertz CT molecular complexity index is 560. The van der Waals surface area contributed by atoms with E-state index in [1.165, 1.54) is 21.0 Å². The number of carboxylic acids is 1. The Morgan fingerprint density at radius 3 is 2.21 bits per heavy atom. The van der Waals surface area contributed by atoms with Gasteiger partial charge in [0.05, 0.1) is 12.2 Å².